The molecule has 0 aliphatic carbocycles. The molecule has 4 heteroatoms. The van der Waals surface area contributed by atoms with Crippen molar-refractivity contribution < 1.29 is 9.84 Å². The Morgan fingerprint density at radius 2 is 2.31 bits per heavy atom. The molecule has 13 heavy (non-hydrogen) atoms. The second-order valence-electron chi connectivity index (χ2n) is 2.75. The number of pyridine rings is 1. The van der Waals surface area contributed by atoms with Crippen molar-refractivity contribution in [2.45, 2.75) is 13.0 Å². The van der Waals surface area contributed by atoms with Crippen molar-refractivity contribution in [2.75, 3.05) is 13.0 Å². The second kappa shape index (κ2) is 4.44. The summed E-state index contributed by atoms with van der Waals surface area (Å²) in [4.78, 5) is 4.09. The summed E-state index contributed by atoms with van der Waals surface area (Å²) < 4.78 is 4.97. The molecule has 0 aromatic carbocycles. The molecule has 0 saturated carbocycles. The van der Waals surface area contributed by atoms with Crippen molar-refractivity contribution >= 4 is 11.6 Å². The third-order valence-electron chi connectivity index (χ3n) is 1.69. The minimum absolute atomic E-state index is 0.173. The summed E-state index contributed by atoms with van der Waals surface area (Å²) >= 11 is 5.52. The fourth-order valence-corrected chi connectivity index (χ4v) is 1.23. The lowest BCUT2D eigenvalue weighted by Crippen LogP contribution is -2.01. The van der Waals surface area contributed by atoms with E-state index in [0.29, 0.717) is 5.88 Å². The molecule has 0 saturated heterocycles. The van der Waals surface area contributed by atoms with Gasteiger partial charge in [0.2, 0.25) is 5.88 Å². The number of methoxy groups -OCH3 is 1. The number of hydrogen-bond acceptors (Lipinski definition) is 3. The molecule has 1 aromatic heterocycles. The first-order valence-electron chi connectivity index (χ1n) is 3.94. The van der Waals surface area contributed by atoms with Crippen molar-refractivity contribution in [1.29, 1.82) is 0 Å². The molecular weight excluding hydrogens is 190 g/mol. The van der Waals surface area contributed by atoms with Crippen LogP contribution in [0.25, 0.3) is 0 Å². The molecule has 1 unspecified atom stereocenters. The van der Waals surface area contributed by atoms with Gasteiger partial charge in [0.15, 0.2) is 0 Å². The van der Waals surface area contributed by atoms with Gasteiger partial charge in [-0.2, -0.15) is 0 Å². The highest BCUT2D eigenvalue weighted by atomic mass is 35.5. The molecule has 0 fully saturated rings. The highest BCUT2D eigenvalue weighted by molar-refractivity contribution is 6.18. The van der Waals surface area contributed by atoms with Gasteiger partial charge in [-0.3, -0.25) is 0 Å². The monoisotopic (exact) mass is 201 g/mol. The molecule has 0 aliphatic heterocycles. The van der Waals surface area contributed by atoms with E-state index in [2.05, 4.69) is 4.98 Å². The SMILES string of the molecule is COc1cc(C(O)CCl)cc(C)n1. The fraction of sp³-hybridized carbons (Fsp3) is 0.444. The Bertz CT molecular complexity index is 291. The molecule has 0 radical (unpaired) electrons. The lowest BCUT2D eigenvalue weighted by Gasteiger charge is -2.09. The van der Waals surface area contributed by atoms with Gasteiger partial charge in [0, 0.05) is 11.8 Å². The van der Waals surface area contributed by atoms with E-state index in [9.17, 15) is 5.11 Å². The van der Waals surface area contributed by atoms with Crippen molar-refractivity contribution in [3.8, 4) is 5.88 Å². The largest absolute Gasteiger partial charge is 0.481 e. The van der Waals surface area contributed by atoms with Gasteiger partial charge in [0.25, 0.3) is 0 Å². The van der Waals surface area contributed by atoms with E-state index in [1.807, 2.05) is 6.92 Å². The average molecular weight is 202 g/mol. The van der Waals surface area contributed by atoms with Crippen LogP contribution in [0.5, 0.6) is 5.88 Å². The molecule has 1 atom stereocenters. The Balaban J connectivity index is 3.01. The molecule has 1 N–H and O–H groups in total. The normalized spacial score (nSPS) is 12.6. The van der Waals surface area contributed by atoms with Gasteiger partial charge >= 0.3 is 0 Å². The number of aliphatic hydroxyl groups is 1. The van der Waals surface area contributed by atoms with Gasteiger partial charge in [-0.1, -0.05) is 0 Å². The van der Waals surface area contributed by atoms with Gasteiger partial charge in [-0.05, 0) is 18.6 Å². The second-order valence-corrected chi connectivity index (χ2v) is 3.06. The first-order chi connectivity index (χ1) is 6.17. The van der Waals surface area contributed by atoms with Crippen LogP contribution in [0.2, 0.25) is 0 Å². The van der Waals surface area contributed by atoms with Crippen molar-refractivity contribution in [3.05, 3.63) is 23.4 Å². The zero-order chi connectivity index (χ0) is 9.84. The molecule has 72 valence electrons. The quantitative estimate of drug-likeness (QED) is 0.757. The zero-order valence-corrected chi connectivity index (χ0v) is 8.38. The van der Waals surface area contributed by atoms with Gasteiger partial charge in [0.05, 0.1) is 19.1 Å². The third kappa shape index (κ3) is 2.57. The Labute approximate surface area is 82.3 Å². The molecule has 0 spiro atoms. The highest BCUT2D eigenvalue weighted by Crippen LogP contribution is 2.19. The molecule has 0 aliphatic rings. The number of alkyl halides is 1. The standard InChI is InChI=1S/C9H12ClNO2/c1-6-3-7(8(12)5-10)4-9(11-6)13-2/h3-4,8,12H,5H2,1-2H3. The Kier molecular flexibility index (Phi) is 3.51. The van der Waals surface area contributed by atoms with E-state index in [-0.39, 0.29) is 5.88 Å². The van der Waals surface area contributed by atoms with E-state index in [0.717, 1.165) is 11.3 Å². The zero-order valence-electron chi connectivity index (χ0n) is 7.62. The number of ether oxygens (including phenoxy) is 1. The van der Waals surface area contributed by atoms with Crippen LogP contribution in [-0.2, 0) is 0 Å². The number of rotatable bonds is 3. The number of aromatic nitrogens is 1. The van der Waals surface area contributed by atoms with Crippen LogP contribution in [0.15, 0.2) is 12.1 Å². The minimum Gasteiger partial charge on any atom is -0.481 e. The Hall–Kier alpha value is -0.800. The molecule has 3 nitrogen and oxygen atoms in total. The van der Waals surface area contributed by atoms with E-state index in [4.69, 9.17) is 16.3 Å². The van der Waals surface area contributed by atoms with Gasteiger partial charge in [0.1, 0.15) is 0 Å². The Morgan fingerprint density at radius 1 is 1.62 bits per heavy atom. The number of aryl methyl sites for hydroxylation is 1. The van der Waals surface area contributed by atoms with Gasteiger partial charge in [-0.15, -0.1) is 11.6 Å². The summed E-state index contributed by atoms with van der Waals surface area (Å²) in [5.41, 5.74) is 1.54. The summed E-state index contributed by atoms with van der Waals surface area (Å²) in [6.07, 6.45) is -0.655. The van der Waals surface area contributed by atoms with Crippen molar-refractivity contribution in [3.63, 3.8) is 0 Å². The van der Waals surface area contributed by atoms with Crippen LogP contribution >= 0.6 is 11.6 Å². The average Bonchev–Trinajstić information content (AvgIpc) is 2.15. The van der Waals surface area contributed by atoms with Crippen LogP contribution in [0, 0.1) is 6.92 Å². The van der Waals surface area contributed by atoms with Crippen molar-refractivity contribution in [2.24, 2.45) is 0 Å². The summed E-state index contributed by atoms with van der Waals surface area (Å²) in [5.74, 6) is 0.672. The number of halogens is 1. The topological polar surface area (TPSA) is 42.4 Å². The number of nitrogens with zero attached hydrogens (tertiary/aromatic N) is 1. The maximum Gasteiger partial charge on any atom is 0.213 e. The summed E-state index contributed by atoms with van der Waals surface area (Å²) in [6.45, 7) is 1.84. The maximum absolute atomic E-state index is 9.46. The predicted octanol–water partition coefficient (Wildman–Crippen LogP) is 1.67. The van der Waals surface area contributed by atoms with Crippen LogP contribution in [0.1, 0.15) is 17.4 Å². The molecule has 0 amide bonds. The molecule has 1 aromatic rings. The molecule has 0 bridgehead atoms. The van der Waals surface area contributed by atoms with Crippen LogP contribution in [0.3, 0.4) is 0 Å². The first kappa shape index (κ1) is 10.3. The molecular formula is C9H12ClNO2. The highest BCUT2D eigenvalue weighted by Gasteiger charge is 2.08. The lowest BCUT2D eigenvalue weighted by molar-refractivity contribution is 0.202. The number of aliphatic hydroxyl groups excluding tert-OH is 1. The van der Waals surface area contributed by atoms with Crippen LogP contribution in [0.4, 0.5) is 0 Å². The smallest absolute Gasteiger partial charge is 0.213 e. The summed E-state index contributed by atoms with van der Waals surface area (Å²) in [5, 5.41) is 9.46. The maximum atomic E-state index is 9.46. The van der Waals surface area contributed by atoms with Crippen LogP contribution < -0.4 is 4.74 Å². The summed E-state index contributed by atoms with van der Waals surface area (Å²) in [7, 11) is 1.54. The minimum atomic E-state index is -0.655. The fourth-order valence-electron chi connectivity index (χ4n) is 1.05. The van der Waals surface area contributed by atoms with E-state index < -0.39 is 6.10 Å². The third-order valence-corrected chi connectivity index (χ3v) is 1.98. The predicted molar refractivity (Wildman–Crippen MR) is 51.2 cm³/mol. The summed E-state index contributed by atoms with van der Waals surface area (Å²) in [6, 6.07) is 3.47. The van der Waals surface area contributed by atoms with E-state index in [1.54, 1.807) is 19.2 Å². The lowest BCUT2D eigenvalue weighted by atomic mass is 10.1. The Morgan fingerprint density at radius 3 is 2.85 bits per heavy atom. The molecule has 1 rings (SSSR count). The molecule has 1 heterocycles. The van der Waals surface area contributed by atoms with Gasteiger partial charge < -0.3 is 9.84 Å². The van der Waals surface area contributed by atoms with Gasteiger partial charge in [-0.25, -0.2) is 4.98 Å². The van der Waals surface area contributed by atoms with Crippen LogP contribution in [-0.4, -0.2) is 23.1 Å². The van der Waals surface area contributed by atoms with E-state index in [1.165, 1.54) is 0 Å². The van der Waals surface area contributed by atoms with E-state index >= 15 is 0 Å². The number of hydrogen-bond donors (Lipinski definition) is 1. The first-order valence-corrected chi connectivity index (χ1v) is 4.47. The van der Waals surface area contributed by atoms with Crippen molar-refractivity contribution in [1.82, 2.24) is 4.98 Å².